The summed E-state index contributed by atoms with van der Waals surface area (Å²) in [5.41, 5.74) is 3.24. The third kappa shape index (κ3) is 5.13. The Balaban J connectivity index is 1.39. The molecule has 2 atom stereocenters. The van der Waals surface area contributed by atoms with Crippen molar-refractivity contribution in [3.8, 4) is 0 Å². The number of aromatic nitrogens is 5. The number of carbonyl (C=O) groups is 2. The third-order valence-electron chi connectivity index (χ3n) is 8.08. The fourth-order valence-corrected chi connectivity index (χ4v) is 6.05. The van der Waals surface area contributed by atoms with Gasteiger partial charge in [0.2, 0.25) is 5.91 Å². The molecule has 1 saturated carbocycles. The Morgan fingerprint density at radius 2 is 1.74 bits per heavy atom. The zero-order chi connectivity index (χ0) is 26.8. The summed E-state index contributed by atoms with van der Waals surface area (Å²) in [5.74, 6) is 0.163. The Bertz CT molecular complexity index is 1470. The van der Waals surface area contributed by atoms with Gasteiger partial charge in [-0.15, -0.1) is 5.10 Å². The smallest absolute Gasteiger partial charge is 0.250 e. The van der Waals surface area contributed by atoms with Gasteiger partial charge < -0.3 is 19.5 Å². The molecule has 2 aliphatic rings. The molecule has 0 bridgehead atoms. The Labute approximate surface area is 227 Å². The zero-order valence-corrected chi connectivity index (χ0v) is 22.3. The number of nitrogens with one attached hydrogen (secondary N) is 1. The van der Waals surface area contributed by atoms with Gasteiger partial charge in [0.25, 0.3) is 5.91 Å². The molecular weight excluding hydrogens is 494 g/mol. The molecule has 4 aromatic rings. The number of ether oxygens (including phenoxy) is 1. The summed E-state index contributed by atoms with van der Waals surface area (Å²) in [6.45, 7) is 1.13. The number of hydrogen-bond donors (Lipinski definition) is 1. The van der Waals surface area contributed by atoms with Gasteiger partial charge in [0.15, 0.2) is 6.04 Å². The summed E-state index contributed by atoms with van der Waals surface area (Å²) >= 11 is 0. The van der Waals surface area contributed by atoms with E-state index in [2.05, 4.69) is 15.6 Å². The van der Waals surface area contributed by atoms with Gasteiger partial charge >= 0.3 is 0 Å². The average molecular weight is 530 g/mol. The quantitative estimate of drug-likeness (QED) is 0.374. The predicted molar refractivity (Wildman–Crippen MR) is 147 cm³/mol. The first-order chi connectivity index (χ1) is 19.1. The molecule has 204 valence electrons. The van der Waals surface area contributed by atoms with Crippen molar-refractivity contribution in [3.63, 3.8) is 0 Å². The van der Waals surface area contributed by atoms with E-state index < -0.39 is 6.04 Å². The molecule has 10 nitrogen and oxygen atoms in total. The molecule has 2 aromatic heterocycles. The van der Waals surface area contributed by atoms with Crippen LogP contribution in [0.25, 0.3) is 22.1 Å². The second-order valence-corrected chi connectivity index (χ2v) is 10.6. The molecule has 2 amide bonds. The predicted octanol–water partition coefficient (Wildman–Crippen LogP) is 3.52. The van der Waals surface area contributed by atoms with Crippen molar-refractivity contribution < 1.29 is 14.3 Å². The average Bonchev–Trinajstić information content (AvgIpc) is 3.71. The van der Waals surface area contributed by atoms with E-state index in [1.807, 2.05) is 60.1 Å². The number of nitrogens with zero attached hydrogens (tertiary/aromatic N) is 6. The van der Waals surface area contributed by atoms with Crippen LogP contribution in [0.15, 0.2) is 48.5 Å². The van der Waals surface area contributed by atoms with Crippen molar-refractivity contribution in [3.05, 3.63) is 54.4 Å². The minimum absolute atomic E-state index is 0.00350. The highest BCUT2D eigenvalue weighted by Crippen LogP contribution is 2.32. The number of hydrogen-bond acceptors (Lipinski definition) is 6. The maximum atomic E-state index is 14.3. The highest BCUT2D eigenvalue weighted by molar-refractivity contribution is 5.90. The van der Waals surface area contributed by atoms with E-state index in [0.29, 0.717) is 19.0 Å². The first-order valence-corrected chi connectivity index (χ1v) is 14.0. The highest BCUT2D eigenvalue weighted by Gasteiger charge is 2.40. The van der Waals surface area contributed by atoms with Crippen LogP contribution in [-0.2, 0) is 27.9 Å². The van der Waals surface area contributed by atoms with Crippen LogP contribution < -0.4 is 5.32 Å². The molecule has 0 unspecified atom stereocenters. The number of aryl methyl sites for hydroxylation is 1. The Morgan fingerprint density at radius 3 is 2.49 bits per heavy atom. The van der Waals surface area contributed by atoms with Crippen molar-refractivity contribution in [2.45, 2.75) is 69.7 Å². The summed E-state index contributed by atoms with van der Waals surface area (Å²) in [6, 6.07) is 14.5. The number of rotatable bonds is 8. The maximum absolute atomic E-state index is 14.3. The van der Waals surface area contributed by atoms with Gasteiger partial charge in [0.05, 0.1) is 22.7 Å². The molecule has 0 radical (unpaired) electrons. The van der Waals surface area contributed by atoms with Crippen LogP contribution in [-0.4, -0.2) is 66.6 Å². The first-order valence-electron chi connectivity index (χ1n) is 14.0. The largest absolute Gasteiger partial charge is 0.376 e. The maximum Gasteiger partial charge on any atom is 0.250 e. The van der Waals surface area contributed by atoms with E-state index >= 15 is 0 Å². The first kappa shape index (κ1) is 25.5. The van der Waals surface area contributed by atoms with Crippen molar-refractivity contribution in [2.24, 2.45) is 7.05 Å². The van der Waals surface area contributed by atoms with E-state index in [-0.39, 0.29) is 30.5 Å². The van der Waals surface area contributed by atoms with Gasteiger partial charge in [-0.1, -0.05) is 48.7 Å². The molecule has 2 aromatic carbocycles. The number of benzene rings is 2. The molecule has 1 aliphatic heterocycles. The van der Waals surface area contributed by atoms with Crippen molar-refractivity contribution in [2.75, 3.05) is 13.2 Å². The molecule has 2 fully saturated rings. The van der Waals surface area contributed by atoms with E-state index in [9.17, 15) is 9.59 Å². The third-order valence-corrected chi connectivity index (χ3v) is 8.08. The molecule has 39 heavy (non-hydrogen) atoms. The molecule has 10 heteroatoms. The van der Waals surface area contributed by atoms with Gasteiger partial charge in [-0.25, -0.2) is 9.67 Å². The van der Waals surface area contributed by atoms with Crippen LogP contribution >= 0.6 is 0 Å². The van der Waals surface area contributed by atoms with Crippen LogP contribution in [0.4, 0.5) is 0 Å². The van der Waals surface area contributed by atoms with Crippen LogP contribution in [0.5, 0.6) is 0 Å². The topological polar surface area (TPSA) is 107 Å². The minimum Gasteiger partial charge on any atom is -0.376 e. The fraction of sp³-hybridized carbons (Fsp3) is 0.483. The summed E-state index contributed by atoms with van der Waals surface area (Å²) in [5, 5.41) is 11.6. The summed E-state index contributed by atoms with van der Waals surface area (Å²) < 4.78 is 9.33. The van der Waals surface area contributed by atoms with Crippen LogP contribution in [0.3, 0.4) is 0 Å². The lowest BCUT2D eigenvalue weighted by molar-refractivity contribution is -0.145. The van der Waals surface area contributed by atoms with Gasteiger partial charge in [0.1, 0.15) is 17.9 Å². The lowest BCUT2D eigenvalue weighted by Gasteiger charge is -2.39. The highest BCUT2D eigenvalue weighted by atomic mass is 16.5. The standard InChI is InChI=1S/C29H35N7O3/c1-34-24-15-7-5-13-22(24)31-28(34)27(29(38)30-18-21-12-9-17-39-21)36(20-10-3-2-4-11-20)26(37)19-35-25-16-8-6-14-23(25)32-33-35/h5-8,13-16,20-21,27H,2-4,9-12,17-19H2,1H3,(H,30,38)/t21-,27-/m0/s1. The number of imidazole rings is 1. The summed E-state index contributed by atoms with van der Waals surface area (Å²) in [4.78, 5) is 35.0. The Morgan fingerprint density at radius 1 is 1.00 bits per heavy atom. The van der Waals surface area contributed by atoms with Crippen molar-refractivity contribution >= 4 is 33.9 Å². The van der Waals surface area contributed by atoms with E-state index in [1.54, 1.807) is 9.58 Å². The SMILES string of the molecule is Cn1c([C@@H](C(=O)NC[C@@H]2CCCO2)N(C(=O)Cn2nnc3ccccc32)C2CCCCC2)nc2ccccc21. The van der Waals surface area contributed by atoms with E-state index in [4.69, 9.17) is 9.72 Å². The Hall–Kier alpha value is -3.79. The number of fused-ring (bicyclic) bond motifs is 2. The summed E-state index contributed by atoms with van der Waals surface area (Å²) in [6.07, 6.45) is 6.78. The number of para-hydroxylation sites is 3. The fourth-order valence-electron chi connectivity index (χ4n) is 6.05. The van der Waals surface area contributed by atoms with E-state index in [1.165, 1.54) is 0 Å². The second-order valence-electron chi connectivity index (χ2n) is 10.6. The second kappa shape index (κ2) is 11.1. The van der Waals surface area contributed by atoms with Crippen LogP contribution in [0, 0.1) is 0 Å². The van der Waals surface area contributed by atoms with Gasteiger partial charge in [-0.05, 0) is 49.9 Å². The van der Waals surface area contributed by atoms with Crippen molar-refractivity contribution in [1.29, 1.82) is 0 Å². The minimum atomic E-state index is -0.880. The van der Waals surface area contributed by atoms with Crippen LogP contribution in [0.1, 0.15) is 56.8 Å². The zero-order valence-electron chi connectivity index (χ0n) is 22.3. The summed E-state index contributed by atoms with van der Waals surface area (Å²) in [7, 11) is 1.92. The van der Waals surface area contributed by atoms with Crippen LogP contribution in [0.2, 0.25) is 0 Å². The molecule has 1 aliphatic carbocycles. The van der Waals surface area contributed by atoms with Gasteiger partial charge in [-0.2, -0.15) is 0 Å². The molecular formula is C29H35N7O3. The molecule has 1 saturated heterocycles. The Kier molecular flexibility index (Phi) is 7.28. The number of amides is 2. The lowest BCUT2D eigenvalue weighted by Crippen LogP contribution is -2.51. The molecule has 0 spiro atoms. The lowest BCUT2D eigenvalue weighted by atomic mass is 9.92. The van der Waals surface area contributed by atoms with E-state index in [0.717, 1.165) is 67.0 Å². The number of carbonyl (C=O) groups excluding carboxylic acids is 2. The normalized spacial score (nSPS) is 18.9. The monoisotopic (exact) mass is 529 g/mol. The van der Waals surface area contributed by atoms with Gasteiger partial charge in [-0.3, -0.25) is 9.59 Å². The van der Waals surface area contributed by atoms with Gasteiger partial charge in [0, 0.05) is 26.2 Å². The van der Waals surface area contributed by atoms with Crippen molar-refractivity contribution in [1.82, 2.24) is 34.8 Å². The molecule has 3 heterocycles. The molecule has 6 rings (SSSR count). The molecule has 1 N–H and O–H groups in total.